The van der Waals surface area contributed by atoms with Gasteiger partial charge in [-0.15, -0.1) is 0 Å². The molecule has 0 saturated heterocycles. The van der Waals surface area contributed by atoms with Crippen LogP contribution in [0.25, 0.3) is 0 Å². The monoisotopic (exact) mass is 315 g/mol. The summed E-state index contributed by atoms with van der Waals surface area (Å²) in [4.78, 5) is 10.6. The molecule has 121 valence electrons. The summed E-state index contributed by atoms with van der Waals surface area (Å²) < 4.78 is 15.7. The Labute approximate surface area is 135 Å². The number of anilines is 1. The molecule has 1 radical (unpaired) electrons. The van der Waals surface area contributed by atoms with Gasteiger partial charge in [0.05, 0.1) is 19.9 Å². The first kappa shape index (κ1) is 16.5. The number of benzene rings is 2. The molecule has 2 N–H and O–H groups in total. The number of methoxy groups -OCH3 is 2. The number of ether oxygens (including phenoxy) is 3. The molecule has 2 rings (SSSR count). The van der Waals surface area contributed by atoms with Crippen molar-refractivity contribution >= 4 is 11.6 Å². The predicted octanol–water partition coefficient (Wildman–Crippen LogP) is 2.50. The third-order valence-corrected chi connectivity index (χ3v) is 3.18. The second-order valence-electron chi connectivity index (χ2n) is 4.78. The fourth-order valence-corrected chi connectivity index (χ4v) is 1.99. The van der Waals surface area contributed by atoms with E-state index in [2.05, 4.69) is 5.32 Å². The maximum atomic E-state index is 10.6. The molecular weight excluding hydrogens is 296 g/mol. The molecule has 0 bridgehead atoms. The number of nitrogens with one attached hydrogen (secondary N) is 2. The lowest BCUT2D eigenvalue weighted by Crippen LogP contribution is -2.11. The quantitative estimate of drug-likeness (QED) is 0.809. The first-order chi connectivity index (χ1) is 11.1. The van der Waals surface area contributed by atoms with E-state index in [9.17, 15) is 4.79 Å². The molecule has 0 aliphatic carbocycles. The van der Waals surface area contributed by atoms with Crippen molar-refractivity contribution < 1.29 is 19.0 Å². The summed E-state index contributed by atoms with van der Waals surface area (Å²) in [6.45, 7) is 0.376. The summed E-state index contributed by atoms with van der Waals surface area (Å²) >= 11 is 0. The Morgan fingerprint density at radius 1 is 1.04 bits per heavy atom. The highest BCUT2D eigenvalue weighted by Gasteiger charge is 2.05. The smallest absolute Gasteiger partial charge is 0.276 e. The van der Waals surface area contributed by atoms with Gasteiger partial charge < -0.3 is 19.5 Å². The van der Waals surface area contributed by atoms with Crippen LogP contribution in [0.3, 0.4) is 0 Å². The van der Waals surface area contributed by atoms with Crippen LogP contribution in [0.5, 0.6) is 17.2 Å². The molecule has 23 heavy (non-hydrogen) atoms. The van der Waals surface area contributed by atoms with Crippen LogP contribution in [0.2, 0.25) is 0 Å². The van der Waals surface area contributed by atoms with Crippen molar-refractivity contribution in [3.05, 3.63) is 48.0 Å². The van der Waals surface area contributed by atoms with Gasteiger partial charge in [-0.25, -0.2) is 0 Å². The van der Waals surface area contributed by atoms with E-state index < -0.39 is 5.91 Å². The van der Waals surface area contributed by atoms with Gasteiger partial charge in [0.25, 0.3) is 5.91 Å². The zero-order chi connectivity index (χ0) is 16.7. The highest BCUT2D eigenvalue weighted by Crippen LogP contribution is 2.29. The molecule has 2 aromatic rings. The van der Waals surface area contributed by atoms with Gasteiger partial charge in [-0.3, -0.25) is 10.5 Å². The van der Waals surface area contributed by atoms with Crippen molar-refractivity contribution in [1.82, 2.24) is 5.73 Å². The minimum Gasteiger partial charge on any atom is -0.497 e. The molecular formula is C17H19N2O4. The Bertz CT molecular complexity index is 656. The number of hydrogen-bond donors (Lipinski definition) is 1. The van der Waals surface area contributed by atoms with Crippen molar-refractivity contribution in [2.45, 2.75) is 6.54 Å². The Hall–Kier alpha value is -2.89. The molecule has 1 amide bonds. The molecule has 6 nitrogen and oxygen atoms in total. The van der Waals surface area contributed by atoms with E-state index in [1.165, 1.54) is 0 Å². The lowest BCUT2D eigenvalue weighted by atomic mass is 10.2. The number of amides is 1. The molecule has 0 aliphatic rings. The number of carbonyl (C=O) groups excluding carboxylic acids is 1. The molecule has 0 aliphatic heterocycles. The van der Waals surface area contributed by atoms with Gasteiger partial charge in [-0.2, -0.15) is 0 Å². The van der Waals surface area contributed by atoms with Crippen LogP contribution in [-0.2, 0) is 11.3 Å². The summed E-state index contributed by atoms with van der Waals surface area (Å²) in [5.74, 6) is 1.26. The number of rotatable bonds is 8. The van der Waals surface area contributed by atoms with E-state index >= 15 is 0 Å². The van der Waals surface area contributed by atoms with Crippen molar-refractivity contribution in [1.29, 1.82) is 0 Å². The Kier molecular flexibility index (Phi) is 5.68. The minimum absolute atomic E-state index is 0.235. The minimum atomic E-state index is -0.748. The van der Waals surface area contributed by atoms with Crippen molar-refractivity contribution in [3.63, 3.8) is 0 Å². The SMILES string of the molecule is COc1ccc(NCc2ccc(OCC([NH])=O)cc2)c(OC)c1. The molecule has 0 unspecified atom stereocenters. The van der Waals surface area contributed by atoms with Crippen LogP contribution in [0.4, 0.5) is 5.69 Å². The first-order valence-electron chi connectivity index (χ1n) is 7.04. The molecule has 6 heteroatoms. The van der Waals surface area contributed by atoms with E-state index in [0.29, 0.717) is 18.0 Å². The van der Waals surface area contributed by atoms with Crippen molar-refractivity contribution in [2.24, 2.45) is 0 Å². The summed E-state index contributed by atoms with van der Waals surface area (Å²) in [7, 11) is 3.22. The third kappa shape index (κ3) is 4.81. The highest BCUT2D eigenvalue weighted by molar-refractivity contribution is 5.74. The van der Waals surface area contributed by atoms with Crippen LogP contribution in [0.15, 0.2) is 42.5 Å². The zero-order valence-corrected chi connectivity index (χ0v) is 13.1. The second kappa shape index (κ2) is 7.93. The molecule has 0 fully saturated rings. The topological polar surface area (TPSA) is 80.6 Å². The van der Waals surface area contributed by atoms with Gasteiger partial charge in [0.15, 0.2) is 6.61 Å². The summed E-state index contributed by atoms with van der Waals surface area (Å²) in [6.07, 6.45) is 0. The molecule has 2 aromatic carbocycles. The molecule has 0 spiro atoms. The Balaban J connectivity index is 1.96. The van der Waals surface area contributed by atoms with Gasteiger partial charge >= 0.3 is 0 Å². The lowest BCUT2D eigenvalue weighted by molar-refractivity contribution is -0.120. The van der Waals surface area contributed by atoms with E-state index in [1.807, 2.05) is 30.3 Å². The number of carbonyl (C=O) groups is 1. The van der Waals surface area contributed by atoms with Crippen LogP contribution >= 0.6 is 0 Å². The highest BCUT2D eigenvalue weighted by atomic mass is 16.5. The average Bonchev–Trinajstić information content (AvgIpc) is 2.58. The second-order valence-corrected chi connectivity index (χ2v) is 4.78. The largest absolute Gasteiger partial charge is 0.497 e. The van der Waals surface area contributed by atoms with Gasteiger partial charge in [0.2, 0.25) is 0 Å². The maximum absolute atomic E-state index is 10.6. The van der Waals surface area contributed by atoms with E-state index in [1.54, 1.807) is 26.4 Å². The third-order valence-electron chi connectivity index (χ3n) is 3.18. The Morgan fingerprint density at radius 3 is 2.35 bits per heavy atom. The van der Waals surface area contributed by atoms with Crippen LogP contribution in [0, 0.1) is 0 Å². The van der Waals surface area contributed by atoms with Gasteiger partial charge in [0, 0.05) is 12.6 Å². The van der Waals surface area contributed by atoms with Gasteiger partial charge in [-0.1, -0.05) is 12.1 Å². The summed E-state index contributed by atoms with van der Waals surface area (Å²) in [5, 5.41) is 3.30. The number of hydrogen-bond acceptors (Lipinski definition) is 5. The standard InChI is InChI=1S/C17H19N2O4/c1-21-14-7-8-15(16(9-14)22-2)19-10-12-3-5-13(6-4-12)23-11-17(18)20/h3-9,18-19H,10-11H2,1-2H3. The summed E-state index contributed by atoms with van der Waals surface area (Å²) in [5.41, 5.74) is 8.72. The van der Waals surface area contributed by atoms with E-state index in [-0.39, 0.29) is 6.61 Å². The first-order valence-corrected chi connectivity index (χ1v) is 7.04. The van der Waals surface area contributed by atoms with Crippen LogP contribution in [-0.4, -0.2) is 26.7 Å². The van der Waals surface area contributed by atoms with Crippen molar-refractivity contribution in [3.8, 4) is 17.2 Å². The Morgan fingerprint density at radius 2 is 1.74 bits per heavy atom. The normalized spacial score (nSPS) is 10.0. The fraction of sp³-hybridized carbons (Fsp3) is 0.235. The van der Waals surface area contributed by atoms with Crippen LogP contribution < -0.4 is 25.3 Å². The molecule has 0 aromatic heterocycles. The lowest BCUT2D eigenvalue weighted by Gasteiger charge is -2.13. The fourth-order valence-electron chi connectivity index (χ4n) is 1.99. The molecule has 0 heterocycles. The van der Waals surface area contributed by atoms with Crippen LogP contribution in [0.1, 0.15) is 5.56 Å². The molecule has 0 saturated carbocycles. The van der Waals surface area contributed by atoms with Gasteiger partial charge in [-0.05, 0) is 29.8 Å². The average molecular weight is 315 g/mol. The van der Waals surface area contributed by atoms with E-state index in [0.717, 1.165) is 17.0 Å². The predicted molar refractivity (Wildman–Crippen MR) is 86.9 cm³/mol. The van der Waals surface area contributed by atoms with Crippen molar-refractivity contribution in [2.75, 3.05) is 26.1 Å². The zero-order valence-electron chi connectivity index (χ0n) is 13.1. The maximum Gasteiger partial charge on any atom is 0.276 e. The van der Waals surface area contributed by atoms with Gasteiger partial charge in [0.1, 0.15) is 17.2 Å². The van der Waals surface area contributed by atoms with E-state index in [4.69, 9.17) is 19.9 Å². The summed E-state index contributed by atoms with van der Waals surface area (Å²) in [6, 6.07) is 12.9. The molecule has 0 atom stereocenters.